The van der Waals surface area contributed by atoms with Gasteiger partial charge in [-0.15, -0.1) is 0 Å². The van der Waals surface area contributed by atoms with Crippen LogP contribution in [0, 0.1) is 0 Å². The van der Waals surface area contributed by atoms with Crippen molar-refractivity contribution in [2.75, 3.05) is 5.32 Å². The lowest BCUT2D eigenvalue weighted by molar-refractivity contribution is 0.0858. The standard InChI is InChI=1S/C17H17N3O3/c18-17(23)19-12-7-5-10(6-8-12)16(22)20-15-13-4-2-1-3-11(13)9-14(15)21/h1-8,14-15,21H,9H2,(H,20,22)(H3,18,19,23)/t14-,15+/m0/s1. The van der Waals surface area contributed by atoms with Crippen molar-refractivity contribution in [3.63, 3.8) is 0 Å². The van der Waals surface area contributed by atoms with Crippen LogP contribution in [0.2, 0.25) is 0 Å². The lowest BCUT2D eigenvalue weighted by Gasteiger charge is -2.18. The smallest absolute Gasteiger partial charge is 0.316 e. The number of hydrogen-bond acceptors (Lipinski definition) is 3. The van der Waals surface area contributed by atoms with E-state index in [4.69, 9.17) is 5.73 Å². The van der Waals surface area contributed by atoms with E-state index in [0.717, 1.165) is 11.1 Å². The highest BCUT2D eigenvalue weighted by molar-refractivity contribution is 5.95. The molecule has 6 nitrogen and oxygen atoms in total. The molecule has 0 fully saturated rings. The van der Waals surface area contributed by atoms with E-state index in [2.05, 4.69) is 10.6 Å². The summed E-state index contributed by atoms with van der Waals surface area (Å²) in [7, 11) is 0. The molecular weight excluding hydrogens is 294 g/mol. The Hall–Kier alpha value is -2.86. The van der Waals surface area contributed by atoms with E-state index in [1.165, 1.54) is 0 Å². The van der Waals surface area contributed by atoms with E-state index in [0.29, 0.717) is 17.7 Å². The zero-order chi connectivity index (χ0) is 16.4. The van der Waals surface area contributed by atoms with E-state index >= 15 is 0 Å². The van der Waals surface area contributed by atoms with Crippen LogP contribution in [0.4, 0.5) is 10.5 Å². The summed E-state index contributed by atoms with van der Waals surface area (Å²) in [5, 5.41) is 15.5. The number of anilines is 1. The Morgan fingerprint density at radius 2 is 1.78 bits per heavy atom. The number of primary amides is 1. The topological polar surface area (TPSA) is 104 Å². The molecule has 2 aromatic rings. The third-order valence-electron chi connectivity index (χ3n) is 3.91. The van der Waals surface area contributed by atoms with Gasteiger partial charge < -0.3 is 21.5 Å². The SMILES string of the molecule is NC(=O)Nc1ccc(C(=O)N[C@@H]2c3ccccc3C[C@@H]2O)cc1. The molecule has 5 N–H and O–H groups in total. The van der Waals surface area contributed by atoms with Crippen molar-refractivity contribution >= 4 is 17.6 Å². The third kappa shape index (κ3) is 3.17. The second-order valence-electron chi connectivity index (χ2n) is 5.49. The molecule has 118 valence electrons. The molecule has 0 aromatic heterocycles. The number of benzene rings is 2. The highest BCUT2D eigenvalue weighted by Crippen LogP contribution is 2.31. The lowest BCUT2D eigenvalue weighted by Crippen LogP contribution is -2.33. The Bertz CT molecular complexity index is 743. The summed E-state index contributed by atoms with van der Waals surface area (Å²) in [5.74, 6) is -0.281. The van der Waals surface area contributed by atoms with Gasteiger partial charge in [-0.1, -0.05) is 24.3 Å². The predicted octanol–water partition coefficient (Wildman–Crippen LogP) is 1.57. The zero-order valence-electron chi connectivity index (χ0n) is 12.3. The number of nitrogens with two attached hydrogens (primary N) is 1. The fourth-order valence-electron chi connectivity index (χ4n) is 2.82. The minimum absolute atomic E-state index is 0.281. The molecule has 0 bridgehead atoms. The maximum absolute atomic E-state index is 12.4. The highest BCUT2D eigenvalue weighted by Gasteiger charge is 2.31. The normalized spacial score (nSPS) is 19.0. The number of carbonyl (C=O) groups excluding carboxylic acids is 2. The van der Waals surface area contributed by atoms with Crippen LogP contribution in [0.15, 0.2) is 48.5 Å². The summed E-state index contributed by atoms with van der Waals surface area (Å²) in [5.41, 5.74) is 7.98. The molecule has 0 saturated heterocycles. The molecule has 3 amide bonds. The second-order valence-corrected chi connectivity index (χ2v) is 5.49. The summed E-state index contributed by atoms with van der Waals surface area (Å²) in [6.45, 7) is 0. The van der Waals surface area contributed by atoms with Crippen molar-refractivity contribution in [2.24, 2.45) is 5.73 Å². The van der Waals surface area contributed by atoms with Gasteiger partial charge in [-0.05, 0) is 35.4 Å². The number of urea groups is 1. The number of rotatable bonds is 3. The number of fused-ring (bicyclic) bond motifs is 1. The maximum atomic E-state index is 12.4. The van der Waals surface area contributed by atoms with E-state index in [-0.39, 0.29) is 5.91 Å². The maximum Gasteiger partial charge on any atom is 0.316 e. The van der Waals surface area contributed by atoms with Crippen molar-refractivity contribution in [3.8, 4) is 0 Å². The van der Waals surface area contributed by atoms with Crippen LogP contribution >= 0.6 is 0 Å². The summed E-state index contributed by atoms with van der Waals surface area (Å²) in [6, 6.07) is 13.0. The van der Waals surface area contributed by atoms with Crippen LogP contribution in [0.25, 0.3) is 0 Å². The van der Waals surface area contributed by atoms with Crippen molar-refractivity contribution in [3.05, 3.63) is 65.2 Å². The molecule has 23 heavy (non-hydrogen) atoms. The molecule has 6 heteroatoms. The summed E-state index contributed by atoms with van der Waals surface area (Å²) in [6.07, 6.45) is -0.102. The van der Waals surface area contributed by atoms with Crippen LogP contribution in [-0.4, -0.2) is 23.1 Å². The molecule has 1 aliphatic carbocycles. The zero-order valence-corrected chi connectivity index (χ0v) is 12.3. The largest absolute Gasteiger partial charge is 0.390 e. The van der Waals surface area contributed by atoms with Gasteiger partial charge >= 0.3 is 6.03 Å². The molecule has 0 saturated carbocycles. The van der Waals surface area contributed by atoms with E-state index in [1.807, 2.05) is 24.3 Å². The van der Waals surface area contributed by atoms with Gasteiger partial charge in [-0.3, -0.25) is 4.79 Å². The van der Waals surface area contributed by atoms with Crippen molar-refractivity contribution in [1.29, 1.82) is 0 Å². The Labute approximate surface area is 133 Å². The monoisotopic (exact) mass is 311 g/mol. The first-order chi connectivity index (χ1) is 11.0. The van der Waals surface area contributed by atoms with Gasteiger partial charge in [0.1, 0.15) is 0 Å². The van der Waals surface area contributed by atoms with Gasteiger partial charge in [0, 0.05) is 17.7 Å². The minimum Gasteiger partial charge on any atom is -0.390 e. The Morgan fingerprint density at radius 1 is 1.09 bits per heavy atom. The molecule has 0 aliphatic heterocycles. The minimum atomic E-state index is -0.659. The molecule has 3 rings (SSSR count). The second kappa shape index (κ2) is 6.10. The van der Waals surface area contributed by atoms with Gasteiger partial charge in [-0.25, -0.2) is 4.79 Å². The fourth-order valence-corrected chi connectivity index (χ4v) is 2.82. The van der Waals surface area contributed by atoms with Crippen molar-refractivity contribution < 1.29 is 14.7 Å². The van der Waals surface area contributed by atoms with E-state index < -0.39 is 18.2 Å². The Morgan fingerprint density at radius 3 is 2.48 bits per heavy atom. The lowest BCUT2D eigenvalue weighted by atomic mass is 10.1. The van der Waals surface area contributed by atoms with Crippen molar-refractivity contribution in [2.45, 2.75) is 18.6 Å². The number of carbonyl (C=O) groups is 2. The first-order valence-corrected chi connectivity index (χ1v) is 7.28. The average molecular weight is 311 g/mol. The van der Waals surface area contributed by atoms with Crippen LogP contribution in [0.3, 0.4) is 0 Å². The first-order valence-electron chi connectivity index (χ1n) is 7.28. The number of aliphatic hydroxyl groups is 1. The third-order valence-corrected chi connectivity index (χ3v) is 3.91. The Balaban J connectivity index is 1.73. The molecule has 0 radical (unpaired) electrons. The van der Waals surface area contributed by atoms with Gasteiger partial charge in [-0.2, -0.15) is 0 Å². The molecule has 0 spiro atoms. The first kappa shape index (κ1) is 15.1. The quantitative estimate of drug-likeness (QED) is 0.691. The van der Waals surface area contributed by atoms with Gasteiger partial charge in [0.25, 0.3) is 5.91 Å². The fraction of sp³-hybridized carbons (Fsp3) is 0.176. The summed E-state index contributed by atoms with van der Waals surface area (Å²) >= 11 is 0. The average Bonchev–Trinajstić information content (AvgIpc) is 2.83. The van der Waals surface area contributed by atoms with Gasteiger partial charge in [0.2, 0.25) is 0 Å². The molecule has 2 atom stereocenters. The number of nitrogens with one attached hydrogen (secondary N) is 2. The van der Waals surface area contributed by atoms with Crippen LogP contribution in [0.1, 0.15) is 27.5 Å². The van der Waals surface area contributed by atoms with Gasteiger partial charge in [0.05, 0.1) is 12.1 Å². The number of hydrogen-bond donors (Lipinski definition) is 4. The van der Waals surface area contributed by atoms with E-state index in [1.54, 1.807) is 24.3 Å². The van der Waals surface area contributed by atoms with Crippen LogP contribution in [0.5, 0.6) is 0 Å². The van der Waals surface area contributed by atoms with Crippen LogP contribution in [-0.2, 0) is 6.42 Å². The molecule has 2 aromatic carbocycles. The molecule has 1 aliphatic rings. The molecule has 0 unspecified atom stereocenters. The number of aliphatic hydroxyl groups excluding tert-OH is 1. The number of amides is 3. The van der Waals surface area contributed by atoms with E-state index in [9.17, 15) is 14.7 Å². The van der Waals surface area contributed by atoms with Gasteiger partial charge in [0.15, 0.2) is 0 Å². The summed E-state index contributed by atoms with van der Waals surface area (Å²) in [4.78, 5) is 23.1. The Kier molecular flexibility index (Phi) is 3.99. The summed E-state index contributed by atoms with van der Waals surface area (Å²) < 4.78 is 0. The molecular formula is C17H17N3O3. The molecule has 0 heterocycles. The van der Waals surface area contributed by atoms with Crippen LogP contribution < -0.4 is 16.4 Å². The predicted molar refractivity (Wildman–Crippen MR) is 86.0 cm³/mol. The van der Waals surface area contributed by atoms with Crippen molar-refractivity contribution in [1.82, 2.24) is 5.32 Å². The highest BCUT2D eigenvalue weighted by atomic mass is 16.3.